The highest BCUT2D eigenvalue weighted by atomic mass is 16.6. The second-order valence-corrected chi connectivity index (χ2v) is 8.18. The quantitative estimate of drug-likeness (QED) is 0.830. The molecular formula is C19H26N2O4. The van der Waals surface area contributed by atoms with Gasteiger partial charge in [-0.05, 0) is 64.5 Å². The molecule has 136 valence electrons. The molecule has 0 saturated heterocycles. The van der Waals surface area contributed by atoms with Crippen LogP contribution in [0.1, 0.15) is 50.4 Å². The number of fused-ring (bicyclic) bond motifs is 1. The van der Waals surface area contributed by atoms with Gasteiger partial charge in [0.05, 0.1) is 5.54 Å². The van der Waals surface area contributed by atoms with E-state index in [1.165, 1.54) is 0 Å². The van der Waals surface area contributed by atoms with E-state index in [2.05, 4.69) is 10.3 Å². The lowest BCUT2D eigenvalue weighted by atomic mass is 10.1. The molecule has 1 amide bonds. The normalized spacial score (nSPS) is 20.6. The molecule has 3 rings (SSSR count). The molecule has 1 unspecified atom stereocenters. The molecule has 1 heterocycles. The summed E-state index contributed by atoms with van der Waals surface area (Å²) in [5.41, 5.74) is 2.35. The van der Waals surface area contributed by atoms with Crippen LogP contribution in [0.15, 0.2) is 6.07 Å². The van der Waals surface area contributed by atoms with Crippen molar-refractivity contribution in [3.05, 3.63) is 22.9 Å². The zero-order valence-corrected chi connectivity index (χ0v) is 15.3. The summed E-state index contributed by atoms with van der Waals surface area (Å²) >= 11 is 0. The van der Waals surface area contributed by atoms with Gasteiger partial charge in [-0.25, -0.2) is 9.78 Å². The molecule has 1 saturated carbocycles. The Morgan fingerprint density at radius 2 is 2.12 bits per heavy atom. The van der Waals surface area contributed by atoms with Crippen LogP contribution in [0.25, 0.3) is 0 Å². The first kappa shape index (κ1) is 17.7. The summed E-state index contributed by atoms with van der Waals surface area (Å²) in [6.07, 6.45) is 3.85. The minimum Gasteiger partial charge on any atom is -0.475 e. The highest BCUT2D eigenvalue weighted by molar-refractivity contribution is 5.69. The van der Waals surface area contributed by atoms with Gasteiger partial charge in [0.1, 0.15) is 18.5 Å². The number of amides is 1. The van der Waals surface area contributed by atoms with Crippen molar-refractivity contribution in [3.63, 3.8) is 0 Å². The lowest BCUT2D eigenvalue weighted by Gasteiger charge is -2.23. The Labute approximate surface area is 148 Å². The number of carbonyl (C=O) groups is 2. The largest absolute Gasteiger partial charge is 0.475 e. The highest BCUT2D eigenvalue weighted by Crippen LogP contribution is 2.37. The van der Waals surface area contributed by atoms with Gasteiger partial charge >= 0.3 is 6.09 Å². The van der Waals surface area contributed by atoms with E-state index in [4.69, 9.17) is 9.47 Å². The van der Waals surface area contributed by atoms with E-state index < -0.39 is 11.7 Å². The minimum absolute atomic E-state index is 0.0503. The van der Waals surface area contributed by atoms with Gasteiger partial charge in [-0.1, -0.05) is 0 Å². The molecule has 6 nitrogen and oxygen atoms in total. The fraction of sp³-hybridized carbons (Fsp3) is 0.632. The highest BCUT2D eigenvalue weighted by Gasteiger charge is 2.46. The van der Waals surface area contributed by atoms with Crippen molar-refractivity contribution in [2.75, 3.05) is 6.61 Å². The van der Waals surface area contributed by atoms with Crippen LogP contribution in [0.2, 0.25) is 0 Å². The van der Waals surface area contributed by atoms with Crippen LogP contribution >= 0.6 is 0 Å². The summed E-state index contributed by atoms with van der Waals surface area (Å²) in [5, 5.41) is 2.92. The van der Waals surface area contributed by atoms with Crippen molar-refractivity contribution >= 4 is 12.4 Å². The zero-order chi connectivity index (χ0) is 18.2. The molecule has 25 heavy (non-hydrogen) atoms. The van der Waals surface area contributed by atoms with Crippen molar-refractivity contribution in [2.45, 2.75) is 64.5 Å². The van der Waals surface area contributed by atoms with Gasteiger partial charge in [0.2, 0.25) is 5.88 Å². The van der Waals surface area contributed by atoms with E-state index >= 15 is 0 Å². The van der Waals surface area contributed by atoms with Gasteiger partial charge in [-0.3, -0.25) is 0 Å². The Morgan fingerprint density at radius 1 is 1.40 bits per heavy atom. The molecule has 1 aromatic rings. The minimum atomic E-state index is -0.519. The van der Waals surface area contributed by atoms with Gasteiger partial charge in [-0.15, -0.1) is 0 Å². The number of rotatable bonds is 5. The molecule has 2 aliphatic carbocycles. The number of aromatic nitrogens is 1. The van der Waals surface area contributed by atoms with E-state index in [1.54, 1.807) is 0 Å². The number of hydrogen-bond donors (Lipinski definition) is 1. The fourth-order valence-corrected chi connectivity index (χ4v) is 3.17. The third kappa shape index (κ3) is 4.30. The SMILES string of the molecule is Cc1nc(OCC2(NC(=O)OC(C)(C)C)CC2)cc2c1CC(C=O)C2. The van der Waals surface area contributed by atoms with Gasteiger partial charge in [0.25, 0.3) is 0 Å². The molecule has 1 atom stereocenters. The van der Waals surface area contributed by atoms with Gasteiger partial charge in [0, 0.05) is 17.7 Å². The van der Waals surface area contributed by atoms with Crippen LogP contribution in [-0.2, 0) is 22.4 Å². The number of carbonyl (C=O) groups excluding carboxylic acids is 2. The Morgan fingerprint density at radius 3 is 2.72 bits per heavy atom. The summed E-state index contributed by atoms with van der Waals surface area (Å²) < 4.78 is 11.2. The number of hydrogen-bond acceptors (Lipinski definition) is 5. The molecule has 0 spiro atoms. The zero-order valence-electron chi connectivity index (χ0n) is 15.3. The van der Waals surface area contributed by atoms with E-state index in [0.29, 0.717) is 12.5 Å². The first-order chi connectivity index (χ1) is 11.7. The van der Waals surface area contributed by atoms with Crippen LogP contribution in [0, 0.1) is 12.8 Å². The second kappa shape index (κ2) is 6.32. The number of alkyl carbamates (subject to hydrolysis) is 1. The molecule has 0 aliphatic heterocycles. The number of ether oxygens (including phenoxy) is 2. The van der Waals surface area contributed by atoms with Crippen LogP contribution in [0.3, 0.4) is 0 Å². The number of nitrogens with zero attached hydrogens (tertiary/aromatic N) is 1. The van der Waals surface area contributed by atoms with Crippen LogP contribution in [0.5, 0.6) is 5.88 Å². The van der Waals surface area contributed by atoms with E-state index in [1.807, 2.05) is 33.8 Å². The van der Waals surface area contributed by atoms with Crippen LogP contribution in [-0.4, -0.2) is 35.1 Å². The topological polar surface area (TPSA) is 77.5 Å². The Hall–Kier alpha value is -2.11. The van der Waals surface area contributed by atoms with Crippen LogP contribution < -0.4 is 10.1 Å². The predicted molar refractivity (Wildman–Crippen MR) is 92.8 cm³/mol. The average Bonchev–Trinajstić information content (AvgIpc) is 3.11. The molecule has 1 aromatic heterocycles. The number of nitrogens with one attached hydrogen (secondary N) is 1. The lowest BCUT2D eigenvalue weighted by Crippen LogP contribution is -2.44. The molecule has 2 aliphatic rings. The van der Waals surface area contributed by atoms with Gasteiger partial charge < -0.3 is 19.6 Å². The molecule has 0 radical (unpaired) electrons. The molecule has 1 N–H and O–H groups in total. The summed E-state index contributed by atoms with van der Waals surface area (Å²) in [4.78, 5) is 27.5. The maximum atomic E-state index is 12.0. The predicted octanol–water partition coefficient (Wildman–Crippen LogP) is 2.74. The standard InChI is InChI=1S/C19H26N2O4/c1-12-15-8-13(10-22)7-14(15)9-16(20-12)24-11-19(5-6-19)21-17(23)25-18(2,3)4/h9-10,13H,5-8,11H2,1-4H3,(H,21,23). The maximum absolute atomic E-state index is 12.0. The van der Waals surface area contributed by atoms with Crippen molar-refractivity contribution in [2.24, 2.45) is 5.92 Å². The van der Waals surface area contributed by atoms with Crippen molar-refractivity contribution < 1.29 is 19.1 Å². The molecule has 0 bridgehead atoms. The fourth-order valence-electron chi connectivity index (χ4n) is 3.17. The molecule has 6 heteroatoms. The second-order valence-electron chi connectivity index (χ2n) is 8.18. The number of aryl methyl sites for hydroxylation is 1. The average molecular weight is 346 g/mol. The van der Waals surface area contributed by atoms with E-state index in [-0.39, 0.29) is 11.5 Å². The molecule has 0 aromatic carbocycles. The summed E-state index contributed by atoms with van der Waals surface area (Å²) in [5.74, 6) is 0.606. The number of aldehydes is 1. The summed E-state index contributed by atoms with van der Waals surface area (Å²) in [6, 6.07) is 1.93. The monoisotopic (exact) mass is 346 g/mol. The lowest BCUT2D eigenvalue weighted by molar-refractivity contribution is -0.110. The third-order valence-electron chi connectivity index (χ3n) is 4.66. The summed E-state index contributed by atoms with van der Waals surface area (Å²) in [6.45, 7) is 7.84. The number of pyridine rings is 1. The first-order valence-corrected chi connectivity index (χ1v) is 8.78. The van der Waals surface area contributed by atoms with Gasteiger partial charge in [-0.2, -0.15) is 0 Å². The molecular weight excluding hydrogens is 320 g/mol. The van der Waals surface area contributed by atoms with E-state index in [9.17, 15) is 9.59 Å². The van der Waals surface area contributed by atoms with Crippen molar-refractivity contribution in [3.8, 4) is 5.88 Å². The van der Waals surface area contributed by atoms with Crippen molar-refractivity contribution in [1.82, 2.24) is 10.3 Å². The molecule has 1 fully saturated rings. The van der Waals surface area contributed by atoms with Crippen LogP contribution in [0.4, 0.5) is 4.79 Å². The van der Waals surface area contributed by atoms with Gasteiger partial charge in [0.15, 0.2) is 0 Å². The maximum Gasteiger partial charge on any atom is 0.408 e. The Balaban J connectivity index is 1.60. The Kier molecular flexibility index (Phi) is 4.47. The summed E-state index contributed by atoms with van der Waals surface area (Å²) in [7, 11) is 0. The first-order valence-electron chi connectivity index (χ1n) is 8.78. The Bertz CT molecular complexity index is 689. The van der Waals surface area contributed by atoms with Crippen molar-refractivity contribution in [1.29, 1.82) is 0 Å². The smallest absolute Gasteiger partial charge is 0.408 e. The van der Waals surface area contributed by atoms with E-state index in [0.717, 1.165) is 48.8 Å². The third-order valence-corrected chi connectivity index (χ3v) is 4.66.